The summed E-state index contributed by atoms with van der Waals surface area (Å²) in [5, 5.41) is 9.27. The molecule has 1 aliphatic carbocycles. The van der Waals surface area contributed by atoms with Gasteiger partial charge in [-0.2, -0.15) is 0 Å². The van der Waals surface area contributed by atoms with Gasteiger partial charge in [-0.05, 0) is 67.8 Å². The molecule has 2 rings (SSSR count). The molecule has 0 radical (unpaired) electrons. The molecule has 0 aliphatic heterocycles. The van der Waals surface area contributed by atoms with Crippen molar-refractivity contribution in [3.63, 3.8) is 0 Å². The Kier molecular flexibility index (Phi) is 6.09. The molecule has 20 heavy (non-hydrogen) atoms. The van der Waals surface area contributed by atoms with Crippen molar-refractivity contribution in [2.75, 3.05) is 6.61 Å². The predicted octanol–water partition coefficient (Wildman–Crippen LogP) is 4.69. The standard InChI is InChI=1S/C19H30O/c1-15-12-16(2)19(10-11-20)9-8-18(13-15)14-17-6-4-3-5-7-17/h3-7,15-16,18-20H,8-14H2,1-2H3. The summed E-state index contributed by atoms with van der Waals surface area (Å²) in [7, 11) is 0. The van der Waals surface area contributed by atoms with Crippen molar-refractivity contribution in [3.8, 4) is 0 Å². The third-order valence-corrected chi connectivity index (χ3v) is 5.13. The van der Waals surface area contributed by atoms with Crippen molar-refractivity contribution < 1.29 is 5.11 Å². The monoisotopic (exact) mass is 274 g/mol. The molecule has 1 heteroatoms. The van der Waals surface area contributed by atoms with E-state index in [4.69, 9.17) is 0 Å². The lowest BCUT2D eigenvalue weighted by molar-refractivity contribution is 0.163. The van der Waals surface area contributed by atoms with Crippen molar-refractivity contribution in [2.24, 2.45) is 23.7 Å². The molecular formula is C19H30O. The summed E-state index contributed by atoms with van der Waals surface area (Å²) < 4.78 is 0. The van der Waals surface area contributed by atoms with E-state index in [0.717, 1.165) is 30.1 Å². The maximum atomic E-state index is 9.27. The molecule has 0 bridgehead atoms. The summed E-state index contributed by atoms with van der Waals surface area (Å²) in [5.74, 6) is 3.14. The van der Waals surface area contributed by atoms with Crippen LogP contribution in [-0.4, -0.2) is 11.7 Å². The fourth-order valence-electron chi connectivity index (χ4n) is 4.07. The van der Waals surface area contributed by atoms with Crippen LogP contribution in [0.1, 0.15) is 51.5 Å². The highest BCUT2D eigenvalue weighted by Crippen LogP contribution is 2.36. The Balaban J connectivity index is 1.96. The van der Waals surface area contributed by atoms with Gasteiger partial charge in [-0.3, -0.25) is 0 Å². The Bertz CT molecular complexity index is 373. The molecule has 1 N–H and O–H groups in total. The van der Waals surface area contributed by atoms with Gasteiger partial charge in [-0.25, -0.2) is 0 Å². The topological polar surface area (TPSA) is 20.2 Å². The minimum atomic E-state index is 0.354. The quantitative estimate of drug-likeness (QED) is 0.844. The van der Waals surface area contributed by atoms with Gasteiger partial charge in [0.05, 0.1) is 0 Å². The lowest BCUT2D eigenvalue weighted by Crippen LogP contribution is -2.23. The van der Waals surface area contributed by atoms with Crippen LogP contribution in [0.3, 0.4) is 0 Å². The van der Waals surface area contributed by atoms with E-state index in [1.165, 1.54) is 37.7 Å². The second kappa shape index (κ2) is 7.83. The van der Waals surface area contributed by atoms with E-state index in [1.54, 1.807) is 0 Å². The summed E-state index contributed by atoms with van der Waals surface area (Å²) >= 11 is 0. The molecule has 4 atom stereocenters. The summed E-state index contributed by atoms with van der Waals surface area (Å²) in [6.07, 6.45) is 7.54. The van der Waals surface area contributed by atoms with Gasteiger partial charge in [0.1, 0.15) is 0 Å². The van der Waals surface area contributed by atoms with Gasteiger partial charge in [0.15, 0.2) is 0 Å². The van der Waals surface area contributed by atoms with Crippen molar-refractivity contribution in [1.29, 1.82) is 0 Å². The van der Waals surface area contributed by atoms with Crippen LogP contribution < -0.4 is 0 Å². The zero-order valence-electron chi connectivity index (χ0n) is 13.1. The third-order valence-electron chi connectivity index (χ3n) is 5.13. The van der Waals surface area contributed by atoms with Gasteiger partial charge in [0, 0.05) is 6.61 Å². The first-order valence-electron chi connectivity index (χ1n) is 8.33. The number of aliphatic hydroxyl groups is 1. The Morgan fingerprint density at radius 2 is 1.80 bits per heavy atom. The average molecular weight is 274 g/mol. The van der Waals surface area contributed by atoms with Crippen molar-refractivity contribution in [2.45, 2.75) is 52.4 Å². The molecule has 1 aliphatic rings. The summed E-state index contributed by atoms with van der Waals surface area (Å²) in [5.41, 5.74) is 1.48. The normalized spacial score (nSPS) is 31.6. The minimum absolute atomic E-state index is 0.354. The Morgan fingerprint density at radius 1 is 1.05 bits per heavy atom. The fourth-order valence-corrected chi connectivity index (χ4v) is 4.07. The van der Waals surface area contributed by atoms with Gasteiger partial charge in [-0.15, -0.1) is 0 Å². The lowest BCUT2D eigenvalue weighted by atomic mass is 9.73. The smallest absolute Gasteiger partial charge is 0.0433 e. The van der Waals surface area contributed by atoms with Crippen LogP contribution in [0.15, 0.2) is 30.3 Å². The minimum Gasteiger partial charge on any atom is -0.396 e. The molecule has 1 nitrogen and oxygen atoms in total. The van der Waals surface area contributed by atoms with E-state index in [2.05, 4.69) is 44.2 Å². The van der Waals surface area contributed by atoms with Gasteiger partial charge >= 0.3 is 0 Å². The molecule has 1 saturated carbocycles. The first-order chi connectivity index (χ1) is 9.69. The number of rotatable bonds is 4. The molecular weight excluding hydrogens is 244 g/mol. The molecule has 4 unspecified atom stereocenters. The number of benzene rings is 1. The van der Waals surface area contributed by atoms with Crippen LogP contribution in [0.25, 0.3) is 0 Å². The van der Waals surface area contributed by atoms with Crippen LogP contribution in [0.4, 0.5) is 0 Å². The highest BCUT2D eigenvalue weighted by atomic mass is 16.3. The third kappa shape index (κ3) is 4.63. The van der Waals surface area contributed by atoms with E-state index < -0.39 is 0 Å². The van der Waals surface area contributed by atoms with Crippen LogP contribution in [-0.2, 0) is 6.42 Å². The highest BCUT2D eigenvalue weighted by molar-refractivity contribution is 5.15. The van der Waals surface area contributed by atoms with E-state index in [-0.39, 0.29) is 0 Å². The van der Waals surface area contributed by atoms with Crippen LogP contribution in [0, 0.1) is 23.7 Å². The van der Waals surface area contributed by atoms with Gasteiger partial charge in [-0.1, -0.05) is 44.2 Å². The van der Waals surface area contributed by atoms with Gasteiger partial charge in [0.25, 0.3) is 0 Å². The molecule has 0 spiro atoms. The van der Waals surface area contributed by atoms with Crippen LogP contribution in [0.2, 0.25) is 0 Å². The Hall–Kier alpha value is -0.820. The summed E-state index contributed by atoms with van der Waals surface area (Å²) in [6.45, 7) is 5.15. The summed E-state index contributed by atoms with van der Waals surface area (Å²) in [4.78, 5) is 0. The number of hydrogen-bond donors (Lipinski definition) is 1. The van der Waals surface area contributed by atoms with E-state index in [1.807, 2.05) is 0 Å². The highest BCUT2D eigenvalue weighted by Gasteiger charge is 2.25. The second-order valence-corrected chi connectivity index (χ2v) is 6.96. The zero-order chi connectivity index (χ0) is 14.4. The molecule has 1 aromatic carbocycles. The lowest BCUT2D eigenvalue weighted by Gasteiger charge is -2.33. The predicted molar refractivity (Wildman–Crippen MR) is 85.6 cm³/mol. The largest absolute Gasteiger partial charge is 0.396 e. The Morgan fingerprint density at radius 3 is 2.50 bits per heavy atom. The van der Waals surface area contributed by atoms with E-state index in [9.17, 15) is 5.11 Å². The maximum absolute atomic E-state index is 9.27. The van der Waals surface area contributed by atoms with E-state index >= 15 is 0 Å². The second-order valence-electron chi connectivity index (χ2n) is 6.96. The molecule has 112 valence electrons. The number of aliphatic hydroxyl groups excluding tert-OH is 1. The fraction of sp³-hybridized carbons (Fsp3) is 0.684. The van der Waals surface area contributed by atoms with Crippen LogP contribution in [0.5, 0.6) is 0 Å². The zero-order valence-corrected chi connectivity index (χ0v) is 13.1. The molecule has 0 aromatic heterocycles. The summed E-state index contributed by atoms with van der Waals surface area (Å²) in [6, 6.07) is 10.9. The van der Waals surface area contributed by atoms with Gasteiger partial charge < -0.3 is 5.11 Å². The van der Waals surface area contributed by atoms with Crippen molar-refractivity contribution in [3.05, 3.63) is 35.9 Å². The first kappa shape index (κ1) is 15.6. The van der Waals surface area contributed by atoms with Crippen molar-refractivity contribution in [1.82, 2.24) is 0 Å². The van der Waals surface area contributed by atoms with Crippen LogP contribution >= 0.6 is 0 Å². The van der Waals surface area contributed by atoms with Gasteiger partial charge in [0.2, 0.25) is 0 Å². The molecule has 1 aromatic rings. The maximum Gasteiger partial charge on any atom is 0.0433 e. The molecule has 0 saturated heterocycles. The Labute approximate surface area is 124 Å². The molecule has 0 heterocycles. The van der Waals surface area contributed by atoms with Crippen molar-refractivity contribution >= 4 is 0 Å². The van der Waals surface area contributed by atoms with E-state index in [0.29, 0.717) is 6.61 Å². The first-order valence-corrected chi connectivity index (χ1v) is 8.33. The SMILES string of the molecule is CC1CC(Cc2ccccc2)CCC(CCO)C(C)C1. The number of hydrogen-bond acceptors (Lipinski definition) is 1. The molecule has 1 fully saturated rings. The molecule has 0 amide bonds. The average Bonchev–Trinajstić information content (AvgIpc) is 2.42.